The summed E-state index contributed by atoms with van der Waals surface area (Å²) >= 11 is 0. The van der Waals surface area contributed by atoms with E-state index in [1.807, 2.05) is 12.3 Å². The molecule has 2 unspecified atom stereocenters. The lowest BCUT2D eigenvalue weighted by Gasteiger charge is -2.26. The van der Waals surface area contributed by atoms with Crippen molar-refractivity contribution in [1.29, 1.82) is 0 Å². The topological polar surface area (TPSA) is 37.0 Å². The molecule has 1 aromatic rings. The van der Waals surface area contributed by atoms with Crippen molar-refractivity contribution in [2.24, 2.45) is 5.92 Å². The summed E-state index contributed by atoms with van der Waals surface area (Å²) in [7, 11) is 0. The van der Waals surface area contributed by atoms with Crippen LogP contribution in [0.4, 0.5) is 5.82 Å². The molecule has 2 heterocycles. The summed E-state index contributed by atoms with van der Waals surface area (Å²) < 4.78 is 0. The second kappa shape index (κ2) is 3.76. The molecule has 82 valence electrons. The van der Waals surface area contributed by atoms with Gasteiger partial charge in [-0.15, -0.1) is 0 Å². The van der Waals surface area contributed by atoms with Crippen LogP contribution in [0.5, 0.6) is 0 Å². The number of rotatable bonds is 0. The SMILES string of the molecule is CC1C=CC=C2Nc3ncccc3CNC21. The monoisotopic (exact) mass is 213 g/mol. The van der Waals surface area contributed by atoms with Gasteiger partial charge in [0, 0.05) is 24.0 Å². The summed E-state index contributed by atoms with van der Waals surface area (Å²) in [6, 6.07) is 4.46. The molecule has 1 aliphatic carbocycles. The predicted octanol–water partition coefficient (Wildman–Crippen LogP) is 2.06. The maximum atomic E-state index is 4.38. The van der Waals surface area contributed by atoms with E-state index < -0.39 is 0 Å². The fraction of sp³-hybridized carbons (Fsp3) is 0.308. The zero-order valence-corrected chi connectivity index (χ0v) is 9.27. The van der Waals surface area contributed by atoms with Gasteiger partial charge in [-0.2, -0.15) is 0 Å². The van der Waals surface area contributed by atoms with E-state index >= 15 is 0 Å². The largest absolute Gasteiger partial charge is 0.342 e. The van der Waals surface area contributed by atoms with E-state index in [1.165, 1.54) is 11.3 Å². The number of allylic oxidation sites excluding steroid dienone is 2. The molecular weight excluding hydrogens is 198 g/mol. The van der Waals surface area contributed by atoms with E-state index in [-0.39, 0.29) is 0 Å². The minimum atomic E-state index is 0.374. The Morgan fingerprint density at radius 3 is 3.31 bits per heavy atom. The molecule has 2 aliphatic rings. The molecule has 0 saturated carbocycles. The van der Waals surface area contributed by atoms with Crippen LogP contribution in [0, 0.1) is 5.92 Å². The highest BCUT2D eigenvalue weighted by molar-refractivity contribution is 5.52. The van der Waals surface area contributed by atoms with Crippen LogP contribution in [-0.4, -0.2) is 11.0 Å². The Hall–Kier alpha value is -1.61. The lowest BCUT2D eigenvalue weighted by molar-refractivity contribution is 0.482. The third kappa shape index (κ3) is 1.53. The molecule has 0 fully saturated rings. The third-order valence-electron chi connectivity index (χ3n) is 3.22. The van der Waals surface area contributed by atoms with Gasteiger partial charge in [0.25, 0.3) is 0 Å². The molecule has 0 radical (unpaired) electrons. The Labute approximate surface area is 95.3 Å². The Bertz CT molecular complexity index is 462. The van der Waals surface area contributed by atoms with Crippen molar-refractivity contribution >= 4 is 5.82 Å². The minimum absolute atomic E-state index is 0.374. The van der Waals surface area contributed by atoms with Crippen LogP contribution in [0.25, 0.3) is 0 Å². The summed E-state index contributed by atoms with van der Waals surface area (Å²) in [6.45, 7) is 3.10. The number of hydrogen-bond acceptors (Lipinski definition) is 3. The number of pyridine rings is 1. The van der Waals surface area contributed by atoms with Crippen LogP contribution < -0.4 is 10.6 Å². The first-order valence-corrected chi connectivity index (χ1v) is 5.67. The average molecular weight is 213 g/mol. The molecule has 3 heteroatoms. The number of hydrogen-bond donors (Lipinski definition) is 2. The molecule has 2 atom stereocenters. The highest BCUT2D eigenvalue weighted by Crippen LogP contribution is 2.25. The molecule has 3 rings (SSSR count). The molecule has 2 N–H and O–H groups in total. The second-order valence-electron chi connectivity index (χ2n) is 4.36. The van der Waals surface area contributed by atoms with Gasteiger partial charge in [0.05, 0.1) is 6.04 Å². The van der Waals surface area contributed by atoms with Crippen molar-refractivity contribution in [2.45, 2.75) is 19.5 Å². The van der Waals surface area contributed by atoms with Crippen molar-refractivity contribution in [3.63, 3.8) is 0 Å². The first-order chi connectivity index (χ1) is 7.84. The van der Waals surface area contributed by atoms with E-state index in [9.17, 15) is 0 Å². The van der Waals surface area contributed by atoms with Gasteiger partial charge in [-0.05, 0) is 18.1 Å². The van der Waals surface area contributed by atoms with Gasteiger partial charge in [0.15, 0.2) is 0 Å². The molecule has 0 saturated heterocycles. The Balaban J connectivity index is 1.99. The van der Waals surface area contributed by atoms with Crippen molar-refractivity contribution in [1.82, 2.24) is 10.3 Å². The maximum absolute atomic E-state index is 4.38. The zero-order valence-electron chi connectivity index (χ0n) is 9.27. The number of nitrogens with one attached hydrogen (secondary N) is 2. The Morgan fingerprint density at radius 2 is 2.38 bits per heavy atom. The van der Waals surface area contributed by atoms with Crippen LogP contribution in [0.1, 0.15) is 12.5 Å². The quantitative estimate of drug-likeness (QED) is 0.692. The normalized spacial score (nSPS) is 27.2. The molecule has 16 heavy (non-hydrogen) atoms. The molecule has 1 aromatic heterocycles. The van der Waals surface area contributed by atoms with Crippen molar-refractivity contribution < 1.29 is 0 Å². The summed E-state index contributed by atoms with van der Waals surface area (Å²) in [6.07, 6.45) is 8.29. The summed E-state index contributed by atoms with van der Waals surface area (Å²) in [4.78, 5) is 4.38. The van der Waals surface area contributed by atoms with Crippen LogP contribution in [0.3, 0.4) is 0 Å². The summed E-state index contributed by atoms with van der Waals surface area (Å²) in [5.41, 5.74) is 2.44. The lowest BCUT2D eigenvalue weighted by Crippen LogP contribution is -2.37. The van der Waals surface area contributed by atoms with Crippen LogP contribution in [-0.2, 0) is 6.54 Å². The smallest absolute Gasteiger partial charge is 0.134 e. The number of nitrogens with zero attached hydrogens (tertiary/aromatic N) is 1. The van der Waals surface area contributed by atoms with Crippen LogP contribution in [0.2, 0.25) is 0 Å². The van der Waals surface area contributed by atoms with Gasteiger partial charge in [-0.1, -0.05) is 25.1 Å². The highest BCUT2D eigenvalue weighted by Gasteiger charge is 2.25. The lowest BCUT2D eigenvalue weighted by atomic mass is 9.94. The fourth-order valence-electron chi connectivity index (χ4n) is 2.30. The molecule has 1 aliphatic heterocycles. The molecule has 0 bridgehead atoms. The number of fused-ring (bicyclic) bond motifs is 2. The average Bonchev–Trinajstić information content (AvgIpc) is 2.48. The Kier molecular flexibility index (Phi) is 2.26. The predicted molar refractivity (Wildman–Crippen MR) is 64.9 cm³/mol. The van der Waals surface area contributed by atoms with E-state index in [1.54, 1.807) is 0 Å². The minimum Gasteiger partial charge on any atom is -0.342 e. The van der Waals surface area contributed by atoms with E-state index in [0.29, 0.717) is 12.0 Å². The first-order valence-electron chi connectivity index (χ1n) is 5.67. The Morgan fingerprint density at radius 1 is 1.44 bits per heavy atom. The van der Waals surface area contributed by atoms with Crippen LogP contribution in [0.15, 0.2) is 42.3 Å². The van der Waals surface area contributed by atoms with Crippen molar-refractivity contribution in [3.8, 4) is 0 Å². The zero-order chi connectivity index (χ0) is 11.0. The van der Waals surface area contributed by atoms with Gasteiger partial charge in [-0.25, -0.2) is 4.98 Å². The second-order valence-corrected chi connectivity index (χ2v) is 4.36. The first kappa shape index (κ1) is 9.60. The third-order valence-corrected chi connectivity index (χ3v) is 3.22. The van der Waals surface area contributed by atoms with Gasteiger partial charge < -0.3 is 10.6 Å². The maximum Gasteiger partial charge on any atom is 0.134 e. The molecule has 0 aromatic carbocycles. The van der Waals surface area contributed by atoms with E-state index in [0.717, 1.165) is 12.4 Å². The molecule has 0 spiro atoms. The van der Waals surface area contributed by atoms with Gasteiger partial charge in [0.2, 0.25) is 0 Å². The van der Waals surface area contributed by atoms with E-state index in [4.69, 9.17) is 0 Å². The van der Waals surface area contributed by atoms with Gasteiger partial charge >= 0.3 is 0 Å². The van der Waals surface area contributed by atoms with Gasteiger partial charge in [-0.3, -0.25) is 0 Å². The van der Waals surface area contributed by atoms with Crippen LogP contribution >= 0.6 is 0 Å². The summed E-state index contributed by atoms with van der Waals surface area (Å²) in [5.74, 6) is 1.49. The highest BCUT2D eigenvalue weighted by atomic mass is 15.1. The van der Waals surface area contributed by atoms with Gasteiger partial charge in [0.1, 0.15) is 5.82 Å². The number of aromatic nitrogens is 1. The van der Waals surface area contributed by atoms with E-state index in [2.05, 4.69) is 46.8 Å². The molecular formula is C13H15N3. The van der Waals surface area contributed by atoms with Crippen molar-refractivity contribution in [2.75, 3.05) is 5.32 Å². The summed E-state index contributed by atoms with van der Waals surface area (Å²) in [5, 5.41) is 7.00. The molecule has 0 amide bonds. The number of anilines is 1. The molecule has 3 nitrogen and oxygen atoms in total. The standard InChI is InChI=1S/C13H15N3/c1-9-4-2-6-11-12(9)15-8-10-5-3-7-14-13(10)16-11/h2-7,9,12,15H,8H2,1H3,(H,14,16). The van der Waals surface area contributed by atoms with Crippen molar-refractivity contribution in [3.05, 3.63) is 47.8 Å². The fourth-order valence-corrected chi connectivity index (χ4v) is 2.30.